The van der Waals surface area contributed by atoms with Gasteiger partial charge >= 0.3 is 0 Å². The number of hydrogen-bond donors (Lipinski definition) is 2. The van der Waals surface area contributed by atoms with Gasteiger partial charge in [0.2, 0.25) is 0 Å². The second-order valence-corrected chi connectivity index (χ2v) is 4.78. The fourth-order valence-corrected chi connectivity index (χ4v) is 2.02. The normalized spacial score (nSPS) is 11.9. The van der Waals surface area contributed by atoms with E-state index in [1.54, 1.807) is 12.3 Å². The van der Waals surface area contributed by atoms with Crippen molar-refractivity contribution in [2.24, 2.45) is 0 Å². The van der Waals surface area contributed by atoms with E-state index in [0.29, 0.717) is 5.69 Å². The minimum absolute atomic E-state index is 0.0720. The van der Waals surface area contributed by atoms with Crippen molar-refractivity contribution in [2.75, 3.05) is 12.4 Å². The minimum atomic E-state index is -0.0720. The Labute approximate surface area is 116 Å². The highest BCUT2D eigenvalue weighted by Gasteiger charge is 2.13. The molecule has 0 aromatic carbocycles. The van der Waals surface area contributed by atoms with E-state index in [4.69, 9.17) is 0 Å². The van der Waals surface area contributed by atoms with Gasteiger partial charge in [-0.1, -0.05) is 33.1 Å². The average molecular weight is 263 g/mol. The SMILES string of the molecule is CCCCC(CCC)NC(=O)c1ccc(NC)cn1. The number of unbranched alkanes of at least 4 members (excludes halogenated alkanes) is 1. The molecule has 0 spiro atoms. The Hall–Kier alpha value is -1.58. The first-order chi connectivity index (χ1) is 9.21. The molecule has 1 aromatic rings. The molecule has 0 saturated heterocycles. The predicted molar refractivity (Wildman–Crippen MR) is 79.5 cm³/mol. The number of anilines is 1. The molecule has 1 heterocycles. The number of aromatic nitrogens is 1. The number of carbonyl (C=O) groups is 1. The van der Waals surface area contributed by atoms with Gasteiger partial charge in [0.05, 0.1) is 11.9 Å². The van der Waals surface area contributed by atoms with Gasteiger partial charge in [0.1, 0.15) is 5.69 Å². The molecule has 0 radical (unpaired) electrons. The van der Waals surface area contributed by atoms with E-state index in [-0.39, 0.29) is 11.9 Å². The lowest BCUT2D eigenvalue weighted by Crippen LogP contribution is -2.35. The van der Waals surface area contributed by atoms with E-state index < -0.39 is 0 Å². The molecular weight excluding hydrogens is 238 g/mol. The summed E-state index contributed by atoms with van der Waals surface area (Å²) in [5, 5.41) is 6.07. The van der Waals surface area contributed by atoms with E-state index in [2.05, 4.69) is 29.5 Å². The fourth-order valence-electron chi connectivity index (χ4n) is 2.02. The Morgan fingerprint density at radius 2 is 2.05 bits per heavy atom. The zero-order valence-corrected chi connectivity index (χ0v) is 12.2. The maximum absolute atomic E-state index is 12.1. The molecule has 0 fully saturated rings. The Bertz CT molecular complexity index is 375. The smallest absolute Gasteiger partial charge is 0.270 e. The van der Waals surface area contributed by atoms with Gasteiger partial charge < -0.3 is 10.6 Å². The van der Waals surface area contributed by atoms with Crippen molar-refractivity contribution in [2.45, 2.75) is 52.0 Å². The summed E-state index contributed by atoms with van der Waals surface area (Å²) in [5.74, 6) is -0.0720. The van der Waals surface area contributed by atoms with Gasteiger partial charge in [-0.3, -0.25) is 4.79 Å². The van der Waals surface area contributed by atoms with Crippen LogP contribution in [0.2, 0.25) is 0 Å². The Kier molecular flexibility index (Phi) is 6.93. The van der Waals surface area contributed by atoms with Gasteiger partial charge in [-0.25, -0.2) is 4.98 Å². The van der Waals surface area contributed by atoms with Gasteiger partial charge in [0.25, 0.3) is 5.91 Å². The van der Waals surface area contributed by atoms with Crippen LogP contribution in [0.4, 0.5) is 5.69 Å². The highest BCUT2D eigenvalue weighted by Crippen LogP contribution is 2.09. The van der Waals surface area contributed by atoms with Gasteiger partial charge in [0.15, 0.2) is 0 Å². The van der Waals surface area contributed by atoms with E-state index in [1.807, 2.05) is 13.1 Å². The van der Waals surface area contributed by atoms with E-state index in [9.17, 15) is 4.79 Å². The van der Waals surface area contributed by atoms with Crippen LogP contribution < -0.4 is 10.6 Å². The fraction of sp³-hybridized carbons (Fsp3) is 0.600. The van der Waals surface area contributed by atoms with E-state index >= 15 is 0 Å². The van der Waals surface area contributed by atoms with Crippen molar-refractivity contribution in [1.29, 1.82) is 0 Å². The molecule has 19 heavy (non-hydrogen) atoms. The van der Waals surface area contributed by atoms with Crippen LogP contribution in [0.5, 0.6) is 0 Å². The third kappa shape index (κ3) is 5.28. The number of hydrogen-bond acceptors (Lipinski definition) is 3. The van der Waals surface area contributed by atoms with Crippen molar-refractivity contribution >= 4 is 11.6 Å². The molecule has 0 aliphatic heterocycles. The summed E-state index contributed by atoms with van der Waals surface area (Å²) in [7, 11) is 1.83. The standard InChI is InChI=1S/C15H25N3O/c1-4-6-8-12(7-5-2)18-15(19)14-10-9-13(16-3)11-17-14/h9-12,16H,4-8H2,1-3H3,(H,18,19). The predicted octanol–water partition coefficient (Wildman–Crippen LogP) is 3.21. The van der Waals surface area contributed by atoms with Gasteiger partial charge in [0, 0.05) is 13.1 Å². The quantitative estimate of drug-likeness (QED) is 0.757. The summed E-state index contributed by atoms with van der Waals surface area (Å²) in [4.78, 5) is 16.3. The molecule has 4 nitrogen and oxygen atoms in total. The van der Waals surface area contributed by atoms with Gasteiger partial charge in [-0.2, -0.15) is 0 Å². The summed E-state index contributed by atoms with van der Waals surface area (Å²) in [6.07, 6.45) is 7.14. The zero-order valence-electron chi connectivity index (χ0n) is 12.2. The van der Waals surface area contributed by atoms with Crippen LogP contribution in [0.25, 0.3) is 0 Å². The molecule has 1 amide bonds. The number of carbonyl (C=O) groups excluding carboxylic acids is 1. The first-order valence-corrected chi connectivity index (χ1v) is 7.15. The van der Waals surface area contributed by atoms with Crippen molar-refractivity contribution in [1.82, 2.24) is 10.3 Å². The first-order valence-electron chi connectivity index (χ1n) is 7.15. The molecule has 106 valence electrons. The average Bonchev–Trinajstić information content (AvgIpc) is 2.45. The van der Waals surface area contributed by atoms with Crippen LogP contribution in [-0.4, -0.2) is 24.0 Å². The topological polar surface area (TPSA) is 54.0 Å². The highest BCUT2D eigenvalue weighted by molar-refractivity contribution is 5.92. The third-order valence-electron chi connectivity index (χ3n) is 3.16. The molecule has 1 rings (SSSR count). The molecule has 0 aliphatic rings. The number of nitrogens with one attached hydrogen (secondary N) is 2. The molecule has 0 aliphatic carbocycles. The molecule has 1 aromatic heterocycles. The maximum Gasteiger partial charge on any atom is 0.270 e. The second-order valence-electron chi connectivity index (χ2n) is 4.78. The summed E-state index contributed by atoms with van der Waals surface area (Å²) < 4.78 is 0. The van der Waals surface area contributed by atoms with Crippen molar-refractivity contribution in [3.63, 3.8) is 0 Å². The van der Waals surface area contributed by atoms with Crippen molar-refractivity contribution < 1.29 is 4.79 Å². The summed E-state index contributed by atoms with van der Waals surface area (Å²) in [6.45, 7) is 4.31. The summed E-state index contributed by atoms with van der Waals surface area (Å²) in [6, 6.07) is 3.88. The number of amides is 1. The molecule has 0 bridgehead atoms. The van der Waals surface area contributed by atoms with Crippen LogP contribution in [0.3, 0.4) is 0 Å². The summed E-state index contributed by atoms with van der Waals surface area (Å²) >= 11 is 0. The Morgan fingerprint density at radius 1 is 1.26 bits per heavy atom. The van der Waals surface area contributed by atoms with Crippen LogP contribution in [0.15, 0.2) is 18.3 Å². The minimum Gasteiger partial charge on any atom is -0.387 e. The molecule has 1 atom stereocenters. The lowest BCUT2D eigenvalue weighted by Gasteiger charge is -2.17. The van der Waals surface area contributed by atoms with Crippen LogP contribution in [0, 0.1) is 0 Å². The van der Waals surface area contributed by atoms with E-state index in [1.165, 1.54) is 0 Å². The van der Waals surface area contributed by atoms with Crippen LogP contribution >= 0.6 is 0 Å². The molecular formula is C15H25N3O. The Balaban J connectivity index is 2.58. The summed E-state index contributed by atoms with van der Waals surface area (Å²) in [5.41, 5.74) is 1.39. The lowest BCUT2D eigenvalue weighted by atomic mass is 10.0. The molecule has 4 heteroatoms. The zero-order chi connectivity index (χ0) is 14.1. The van der Waals surface area contributed by atoms with Gasteiger partial charge in [-0.15, -0.1) is 0 Å². The van der Waals surface area contributed by atoms with Crippen LogP contribution in [-0.2, 0) is 0 Å². The monoisotopic (exact) mass is 263 g/mol. The van der Waals surface area contributed by atoms with Crippen molar-refractivity contribution in [3.8, 4) is 0 Å². The third-order valence-corrected chi connectivity index (χ3v) is 3.16. The van der Waals surface area contributed by atoms with Crippen LogP contribution in [0.1, 0.15) is 56.4 Å². The molecule has 1 unspecified atom stereocenters. The Morgan fingerprint density at radius 3 is 2.58 bits per heavy atom. The highest BCUT2D eigenvalue weighted by atomic mass is 16.1. The number of nitrogens with zero attached hydrogens (tertiary/aromatic N) is 1. The van der Waals surface area contributed by atoms with E-state index in [0.717, 1.165) is 37.8 Å². The first kappa shape index (κ1) is 15.5. The molecule has 0 saturated carbocycles. The molecule has 2 N–H and O–H groups in total. The lowest BCUT2D eigenvalue weighted by molar-refractivity contribution is 0.0927. The number of pyridine rings is 1. The second kappa shape index (κ2) is 8.51. The van der Waals surface area contributed by atoms with Crippen molar-refractivity contribution in [3.05, 3.63) is 24.0 Å². The van der Waals surface area contributed by atoms with Gasteiger partial charge in [-0.05, 0) is 25.0 Å². The largest absolute Gasteiger partial charge is 0.387 e. The maximum atomic E-state index is 12.1. The number of rotatable bonds is 8.